The van der Waals surface area contributed by atoms with Gasteiger partial charge in [-0.2, -0.15) is 0 Å². The van der Waals surface area contributed by atoms with E-state index in [1.54, 1.807) is 0 Å². The Morgan fingerprint density at radius 2 is 1.53 bits per heavy atom. The summed E-state index contributed by atoms with van der Waals surface area (Å²) in [5, 5.41) is 0. The van der Waals surface area contributed by atoms with Gasteiger partial charge in [0.2, 0.25) is 0 Å². The summed E-state index contributed by atoms with van der Waals surface area (Å²) in [5.41, 5.74) is 3.18. The molecule has 0 saturated heterocycles. The van der Waals surface area contributed by atoms with Crippen LogP contribution in [0.25, 0.3) is 0 Å². The van der Waals surface area contributed by atoms with Crippen molar-refractivity contribution in [3.8, 4) is 0 Å². The quantitative estimate of drug-likeness (QED) is 0.157. The van der Waals surface area contributed by atoms with Gasteiger partial charge in [-0.25, -0.2) is 0 Å². The van der Waals surface area contributed by atoms with Crippen LogP contribution in [0, 0.1) is 0 Å². The Bertz CT molecular complexity index is 274. The van der Waals surface area contributed by atoms with Crippen LogP contribution in [0.5, 0.6) is 0 Å². The molecule has 0 aromatic carbocycles. The predicted octanol–water partition coefficient (Wildman–Crippen LogP) is 6.75. The van der Waals surface area contributed by atoms with Crippen LogP contribution in [-0.4, -0.2) is 0 Å². The van der Waals surface area contributed by atoms with Crippen LogP contribution in [0.3, 0.4) is 0 Å². The average Bonchev–Trinajstić information content (AvgIpc) is 2.43. The molecule has 0 heteroatoms. The van der Waals surface area contributed by atoms with Gasteiger partial charge in [0.05, 0.1) is 0 Å². The molecule has 0 radical (unpaired) electrons. The second-order valence-electron chi connectivity index (χ2n) is 4.99. The third-order valence-electron chi connectivity index (χ3n) is 3.08. The van der Waals surface area contributed by atoms with E-state index in [4.69, 9.17) is 0 Å². The fourth-order valence-corrected chi connectivity index (χ4v) is 1.91. The van der Waals surface area contributed by atoms with Gasteiger partial charge in [-0.1, -0.05) is 76.7 Å². The van der Waals surface area contributed by atoms with Crippen LogP contribution < -0.4 is 0 Å². The molecule has 0 aromatic heterocycles. The van der Waals surface area contributed by atoms with Gasteiger partial charge in [-0.15, -0.1) is 5.73 Å². The van der Waals surface area contributed by atoms with E-state index in [0.717, 1.165) is 12.8 Å². The Kier molecular flexibility index (Phi) is 16.1. The number of unbranched alkanes of at least 4 members (excludes halogenated alkanes) is 7. The maximum absolute atomic E-state index is 3.18. The van der Waals surface area contributed by atoms with Gasteiger partial charge < -0.3 is 0 Å². The lowest BCUT2D eigenvalue weighted by Crippen LogP contribution is -1.78. The van der Waals surface area contributed by atoms with Crippen molar-refractivity contribution in [3.63, 3.8) is 0 Å². The molecule has 0 aliphatic heterocycles. The first-order valence-electron chi connectivity index (χ1n) is 8.12. The summed E-state index contributed by atoms with van der Waals surface area (Å²) in [6.07, 6.45) is 25.9. The molecule has 0 aliphatic rings. The third-order valence-corrected chi connectivity index (χ3v) is 3.08. The van der Waals surface area contributed by atoms with Crippen LogP contribution in [-0.2, 0) is 0 Å². The van der Waals surface area contributed by atoms with Crippen molar-refractivity contribution < 1.29 is 0 Å². The van der Waals surface area contributed by atoms with E-state index in [2.05, 4.69) is 50.0 Å². The SMILES string of the molecule is CC/C=C/CC=C=C/C=C/CCCCCCCCC. The second kappa shape index (κ2) is 17.0. The normalized spacial score (nSPS) is 11.1. The first-order valence-corrected chi connectivity index (χ1v) is 8.12. The molecule has 108 valence electrons. The molecule has 0 heterocycles. The molecule has 0 bridgehead atoms. The standard InChI is InChI=1S/C19H32/c1-3-5-7-9-11-13-15-17-19-18-16-14-12-10-8-6-4-2/h5,7,11,15,17,19H,3-4,6,8-10,12,14,16,18H2,1-2H3/b7-5+,19-17+. The fraction of sp³-hybridized carbons (Fsp3) is 0.632. The lowest BCUT2D eigenvalue weighted by molar-refractivity contribution is 0.592. The highest BCUT2D eigenvalue weighted by Crippen LogP contribution is 2.08. The highest BCUT2D eigenvalue weighted by atomic mass is 13.9. The van der Waals surface area contributed by atoms with Crippen LogP contribution in [0.2, 0.25) is 0 Å². The van der Waals surface area contributed by atoms with Crippen molar-refractivity contribution in [2.45, 2.75) is 78.1 Å². The number of allylic oxidation sites excluding steroid dienone is 5. The fourth-order valence-electron chi connectivity index (χ4n) is 1.91. The Morgan fingerprint density at radius 3 is 2.26 bits per heavy atom. The van der Waals surface area contributed by atoms with E-state index in [0.29, 0.717) is 0 Å². The monoisotopic (exact) mass is 260 g/mol. The van der Waals surface area contributed by atoms with Gasteiger partial charge in [0, 0.05) is 0 Å². The zero-order valence-corrected chi connectivity index (χ0v) is 13.0. The average molecular weight is 260 g/mol. The van der Waals surface area contributed by atoms with Crippen molar-refractivity contribution in [1.29, 1.82) is 0 Å². The minimum Gasteiger partial charge on any atom is -0.125 e. The third kappa shape index (κ3) is 17.0. The van der Waals surface area contributed by atoms with E-state index < -0.39 is 0 Å². The lowest BCUT2D eigenvalue weighted by atomic mass is 10.1. The summed E-state index contributed by atoms with van der Waals surface area (Å²) in [4.78, 5) is 0. The van der Waals surface area contributed by atoms with Crippen LogP contribution in [0.4, 0.5) is 0 Å². The van der Waals surface area contributed by atoms with E-state index in [1.807, 2.05) is 6.08 Å². The van der Waals surface area contributed by atoms with Crippen molar-refractivity contribution in [2.24, 2.45) is 0 Å². The molecule has 0 aliphatic carbocycles. The largest absolute Gasteiger partial charge is 0.125 e. The molecule has 0 saturated carbocycles. The number of hydrogen-bond acceptors (Lipinski definition) is 0. The van der Waals surface area contributed by atoms with E-state index in [-0.39, 0.29) is 0 Å². The molecule has 0 spiro atoms. The molecule has 0 amide bonds. The zero-order chi connectivity index (χ0) is 14.0. The number of rotatable bonds is 12. The predicted molar refractivity (Wildman–Crippen MR) is 88.5 cm³/mol. The van der Waals surface area contributed by atoms with Crippen molar-refractivity contribution in [1.82, 2.24) is 0 Å². The van der Waals surface area contributed by atoms with Gasteiger partial charge in [-0.3, -0.25) is 0 Å². The number of hydrogen-bond donors (Lipinski definition) is 0. The van der Waals surface area contributed by atoms with Gasteiger partial charge in [0.25, 0.3) is 0 Å². The molecular weight excluding hydrogens is 228 g/mol. The van der Waals surface area contributed by atoms with Gasteiger partial charge in [-0.05, 0) is 37.8 Å². The summed E-state index contributed by atoms with van der Waals surface area (Å²) in [6, 6.07) is 0. The van der Waals surface area contributed by atoms with Crippen molar-refractivity contribution >= 4 is 0 Å². The minimum atomic E-state index is 0.996. The van der Waals surface area contributed by atoms with E-state index >= 15 is 0 Å². The molecule has 19 heavy (non-hydrogen) atoms. The highest BCUT2D eigenvalue weighted by molar-refractivity contribution is 5.03. The summed E-state index contributed by atoms with van der Waals surface area (Å²) in [5.74, 6) is 0. The van der Waals surface area contributed by atoms with Gasteiger partial charge in [0.15, 0.2) is 0 Å². The van der Waals surface area contributed by atoms with Crippen LogP contribution >= 0.6 is 0 Å². The molecule has 0 unspecified atom stereocenters. The summed E-state index contributed by atoms with van der Waals surface area (Å²) in [6.45, 7) is 4.43. The molecule has 0 atom stereocenters. The van der Waals surface area contributed by atoms with E-state index in [1.165, 1.54) is 51.4 Å². The molecule has 0 rings (SSSR count). The first-order chi connectivity index (χ1) is 9.41. The smallest absolute Gasteiger partial charge is 0.00929 e. The van der Waals surface area contributed by atoms with Crippen LogP contribution in [0.1, 0.15) is 78.1 Å². The van der Waals surface area contributed by atoms with Crippen molar-refractivity contribution in [3.05, 3.63) is 42.2 Å². The van der Waals surface area contributed by atoms with Gasteiger partial charge in [0.1, 0.15) is 0 Å². The Labute approximate surface area is 121 Å². The Morgan fingerprint density at radius 1 is 0.789 bits per heavy atom. The molecule has 0 N–H and O–H groups in total. The lowest BCUT2D eigenvalue weighted by Gasteiger charge is -1.98. The van der Waals surface area contributed by atoms with Gasteiger partial charge >= 0.3 is 0 Å². The van der Waals surface area contributed by atoms with Crippen LogP contribution in [0.15, 0.2) is 42.2 Å². The maximum Gasteiger partial charge on any atom is -0.00929 e. The summed E-state index contributed by atoms with van der Waals surface area (Å²) in [7, 11) is 0. The molecule has 0 nitrogen and oxygen atoms in total. The summed E-state index contributed by atoms with van der Waals surface area (Å²) >= 11 is 0. The Hall–Kier alpha value is -1.00. The molecule has 0 fully saturated rings. The second-order valence-corrected chi connectivity index (χ2v) is 4.99. The first kappa shape index (κ1) is 18.0. The minimum absolute atomic E-state index is 0.996. The zero-order valence-electron chi connectivity index (χ0n) is 13.0. The molecular formula is C19H32. The maximum atomic E-state index is 3.18. The topological polar surface area (TPSA) is 0 Å². The highest BCUT2D eigenvalue weighted by Gasteiger charge is 1.88. The van der Waals surface area contributed by atoms with Crippen molar-refractivity contribution in [2.75, 3.05) is 0 Å². The molecule has 0 aromatic rings. The Balaban J connectivity index is 3.33. The van der Waals surface area contributed by atoms with E-state index in [9.17, 15) is 0 Å². The summed E-state index contributed by atoms with van der Waals surface area (Å²) < 4.78 is 0.